The molecule has 0 spiro atoms. The third-order valence-electron chi connectivity index (χ3n) is 4.70. The fraction of sp³-hybridized carbons (Fsp3) is 0.688. The standard InChI is InChI=1S/C16H26N4/c1-13-11-15(17)16(18-12-13)20-9-5-14(6-10-20)19-7-3-2-4-8-19/h11-12,14H,2-10,17H2,1H3. The number of aryl methyl sites for hydroxylation is 1. The first-order valence-electron chi connectivity index (χ1n) is 7.95. The van der Waals surface area contributed by atoms with Crippen LogP contribution >= 0.6 is 0 Å². The summed E-state index contributed by atoms with van der Waals surface area (Å²) in [5, 5.41) is 0. The Balaban J connectivity index is 1.60. The van der Waals surface area contributed by atoms with Gasteiger partial charge < -0.3 is 15.5 Å². The number of hydrogen-bond acceptors (Lipinski definition) is 4. The zero-order valence-corrected chi connectivity index (χ0v) is 12.5. The van der Waals surface area contributed by atoms with Crippen molar-refractivity contribution in [1.82, 2.24) is 9.88 Å². The van der Waals surface area contributed by atoms with Gasteiger partial charge in [-0.05, 0) is 57.3 Å². The summed E-state index contributed by atoms with van der Waals surface area (Å²) in [7, 11) is 0. The first kappa shape index (κ1) is 13.7. The topological polar surface area (TPSA) is 45.4 Å². The molecule has 3 rings (SSSR count). The van der Waals surface area contributed by atoms with Gasteiger partial charge in [-0.2, -0.15) is 0 Å². The molecule has 0 aromatic carbocycles. The zero-order valence-electron chi connectivity index (χ0n) is 12.5. The number of anilines is 2. The van der Waals surface area contributed by atoms with E-state index in [1.165, 1.54) is 45.2 Å². The van der Waals surface area contributed by atoms with Gasteiger partial charge in [0.1, 0.15) is 0 Å². The van der Waals surface area contributed by atoms with Crippen molar-refractivity contribution in [2.75, 3.05) is 36.8 Å². The summed E-state index contributed by atoms with van der Waals surface area (Å²) in [6, 6.07) is 2.80. The van der Waals surface area contributed by atoms with E-state index in [1.54, 1.807) is 0 Å². The largest absolute Gasteiger partial charge is 0.396 e. The lowest BCUT2D eigenvalue weighted by atomic mass is 10.00. The second kappa shape index (κ2) is 6.00. The van der Waals surface area contributed by atoms with Gasteiger partial charge in [-0.25, -0.2) is 4.98 Å². The van der Waals surface area contributed by atoms with Gasteiger partial charge in [0.25, 0.3) is 0 Å². The molecule has 4 nitrogen and oxygen atoms in total. The predicted molar refractivity (Wildman–Crippen MR) is 84.0 cm³/mol. The van der Waals surface area contributed by atoms with E-state index >= 15 is 0 Å². The molecule has 2 fully saturated rings. The van der Waals surface area contributed by atoms with Crippen LogP contribution in [0, 0.1) is 6.92 Å². The Morgan fingerprint density at radius 1 is 1.10 bits per heavy atom. The predicted octanol–water partition coefficient (Wildman–Crippen LogP) is 2.43. The lowest BCUT2D eigenvalue weighted by Crippen LogP contribution is -2.47. The first-order chi connectivity index (χ1) is 9.74. The maximum Gasteiger partial charge on any atom is 0.151 e. The minimum absolute atomic E-state index is 0.776. The SMILES string of the molecule is Cc1cnc(N2CCC(N3CCCCC3)CC2)c(N)c1. The second-order valence-electron chi connectivity index (χ2n) is 6.24. The number of nitrogens with two attached hydrogens (primary N) is 1. The molecule has 0 unspecified atom stereocenters. The number of hydrogen-bond donors (Lipinski definition) is 1. The molecule has 4 heteroatoms. The molecule has 0 radical (unpaired) electrons. The van der Waals surface area contributed by atoms with Crippen LogP contribution in [0.5, 0.6) is 0 Å². The molecule has 0 bridgehead atoms. The number of piperidine rings is 2. The van der Waals surface area contributed by atoms with Crippen LogP contribution in [0.1, 0.15) is 37.7 Å². The van der Waals surface area contributed by atoms with Crippen molar-refractivity contribution in [3.8, 4) is 0 Å². The van der Waals surface area contributed by atoms with Crippen LogP contribution in [0.4, 0.5) is 11.5 Å². The number of rotatable bonds is 2. The van der Waals surface area contributed by atoms with Gasteiger partial charge in [0, 0.05) is 25.3 Å². The van der Waals surface area contributed by atoms with Crippen molar-refractivity contribution in [3.05, 3.63) is 17.8 Å². The molecule has 2 aliphatic heterocycles. The quantitative estimate of drug-likeness (QED) is 0.899. The maximum atomic E-state index is 6.12. The highest BCUT2D eigenvalue weighted by molar-refractivity contribution is 5.63. The lowest BCUT2D eigenvalue weighted by molar-refractivity contribution is 0.141. The van der Waals surface area contributed by atoms with E-state index in [0.29, 0.717) is 0 Å². The average Bonchev–Trinajstić information content (AvgIpc) is 2.48. The summed E-state index contributed by atoms with van der Waals surface area (Å²) in [5.41, 5.74) is 8.07. The van der Waals surface area contributed by atoms with Gasteiger partial charge in [-0.15, -0.1) is 0 Å². The molecule has 2 aliphatic rings. The Labute approximate surface area is 122 Å². The third-order valence-corrected chi connectivity index (χ3v) is 4.70. The van der Waals surface area contributed by atoms with Crippen molar-refractivity contribution in [3.63, 3.8) is 0 Å². The van der Waals surface area contributed by atoms with Gasteiger partial charge in [0.15, 0.2) is 5.82 Å². The molecule has 0 saturated carbocycles. The minimum Gasteiger partial charge on any atom is -0.396 e. The lowest BCUT2D eigenvalue weighted by Gasteiger charge is -2.40. The molecular formula is C16H26N4. The molecule has 3 heterocycles. The van der Waals surface area contributed by atoms with E-state index < -0.39 is 0 Å². The highest BCUT2D eigenvalue weighted by Gasteiger charge is 2.26. The van der Waals surface area contributed by atoms with E-state index in [-0.39, 0.29) is 0 Å². The number of nitrogen functional groups attached to an aromatic ring is 1. The van der Waals surface area contributed by atoms with Crippen LogP contribution < -0.4 is 10.6 Å². The van der Waals surface area contributed by atoms with Gasteiger partial charge >= 0.3 is 0 Å². The summed E-state index contributed by atoms with van der Waals surface area (Å²) in [4.78, 5) is 9.58. The molecule has 2 saturated heterocycles. The monoisotopic (exact) mass is 274 g/mol. The first-order valence-corrected chi connectivity index (χ1v) is 7.95. The number of pyridine rings is 1. The zero-order chi connectivity index (χ0) is 13.9. The average molecular weight is 274 g/mol. The summed E-state index contributed by atoms with van der Waals surface area (Å²) in [6.07, 6.45) is 8.59. The summed E-state index contributed by atoms with van der Waals surface area (Å²) in [6.45, 7) is 6.81. The Morgan fingerprint density at radius 3 is 2.45 bits per heavy atom. The van der Waals surface area contributed by atoms with Crippen LogP contribution in [0.15, 0.2) is 12.3 Å². The molecule has 0 atom stereocenters. The van der Waals surface area contributed by atoms with E-state index in [0.717, 1.165) is 36.2 Å². The molecule has 110 valence electrons. The fourth-order valence-corrected chi connectivity index (χ4v) is 3.58. The molecule has 0 aliphatic carbocycles. The smallest absolute Gasteiger partial charge is 0.151 e. The highest BCUT2D eigenvalue weighted by Crippen LogP contribution is 2.27. The van der Waals surface area contributed by atoms with Gasteiger partial charge in [0.05, 0.1) is 5.69 Å². The molecule has 1 aromatic rings. The molecule has 2 N–H and O–H groups in total. The van der Waals surface area contributed by atoms with Crippen LogP contribution in [0.2, 0.25) is 0 Å². The Morgan fingerprint density at radius 2 is 1.80 bits per heavy atom. The van der Waals surface area contributed by atoms with E-state index in [9.17, 15) is 0 Å². The fourth-order valence-electron chi connectivity index (χ4n) is 3.58. The van der Waals surface area contributed by atoms with E-state index in [1.807, 2.05) is 19.2 Å². The van der Waals surface area contributed by atoms with Crippen molar-refractivity contribution >= 4 is 11.5 Å². The summed E-state index contributed by atoms with van der Waals surface area (Å²) >= 11 is 0. The Bertz CT molecular complexity index is 446. The van der Waals surface area contributed by atoms with Crippen LogP contribution in [-0.2, 0) is 0 Å². The Kier molecular flexibility index (Phi) is 4.10. The van der Waals surface area contributed by atoms with Crippen LogP contribution in [0.25, 0.3) is 0 Å². The van der Waals surface area contributed by atoms with Gasteiger partial charge in [-0.3, -0.25) is 0 Å². The number of nitrogens with zero attached hydrogens (tertiary/aromatic N) is 3. The number of aromatic nitrogens is 1. The Hall–Kier alpha value is -1.29. The third kappa shape index (κ3) is 2.90. The second-order valence-corrected chi connectivity index (χ2v) is 6.24. The minimum atomic E-state index is 0.776. The molecule has 1 aromatic heterocycles. The van der Waals surface area contributed by atoms with Crippen molar-refractivity contribution < 1.29 is 0 Å². The summed E-state index contributed by atoms with van der Waals surface area (Å²) in [5.74, 6) is 0.979. The van der Waals surface area contributed by atoms with Crippen molar-refractivity contribution in [2.24, 2.45) is 0 Å². The van der Waals surface area contributed by atoms with Gasteiger partial charge in [-0.1, -0.05) is 6.42 Å². The maximum absolute atomic E-state index is 6.12. The molecule has 20 heavy (non-hydrogen) atoms. The van der Waals surface area contributed by atoms with E-state index in [2.05, 4.69) is 14.8 Å². The van der Waals surface area contributed by atoms with E-state index in [4.69, 9.17) is 5.73 Å². The van der Waals surface area contributed by atoms with Crippen molar-refractivity contribution in [2.45, 2.75) is 45.1 Å². The highest BCUT2D eigenvalue weighted by atomic mass is 15.2. The van der Waals surface area contributed by atoms with Crippen molar-refractivity contribution in [1.29, 1.82) is 0 Å². The van der Waals surface area contributed by atoms with Crippen LogP contribution in [0.3, 0.4) is 0 Å². The molecule has 0 amide bonds. The van der Waals surface area contributed by atoms with Crippen LogP contribution in [-0.4, -0.2) is 42.1 Å². The van der Waals surface area contributed by atoms with Gasteiger partial charge in [0.2, 0.25) is 0 Å². The number of likely N-dealkylation sites (tertiary alicyclic amines) is 1. The normalized spacial score (nSPS) is 22.1. The molecular weight excluding hydrogens is 248 g/mol. The summed E-state index contributed by atoms with van der Waals surface area (Å²) < 4.78 is 0.